The van der Waals surface area contributed by atoms with Crippen LogP contribution >= 0.6 is 0 Å². The lowest BCUT2D eigenvalue weighted by atomic mass is 10.0. The number of hydrogen-bond acceptors (Lipinski definition) is 5. The molecule has 0 bridgehead atoms. The molecule has 1 aliphatic rings. The fraction of sp³-hybridized carbons (Fsp3) is 0.565. The van der Waals surface area contributed by atoms with Crippen molar-refractivity contribution < 1.29 is 14.1 Å². The van der Waals surface area contributed by atoms with E-state index in [1.165, 1.54) is 6.42 Å². The van der Waals surface area contributed by atoms with Crippen LogP contribution in [0, 0.1) is 5.92 Å². The standard InChI is InChI=1S/C23H33N3O3/c1-18(2)16-21(27)26(14-15-28-3)17-20-22(19-10-6-4-7-11-19)24-29-23(20)25-12-8-5-9-13-25/h4,6-7,10-11,18H,5,8-9,12-17H2,1-3H3. The van der Waals surface area contributed by atoms with E-state index in [1.54, 1.807) is 7.11 Å². The van der Waals surface area contributed by atoms with Gasteiger partial charge in [-0.3, -0.25) is 4.79 Å². The van der Waals surface area contributed by atoms with Gasteiger partial charge >= 0.3 is 0 Å². The van der Waals surface area contributed by atoms with E-state index in [0.29, 0.717) is 32.0 Å². The number of carbonyl (C=O) groups excluding carboxylic acids is 1. The summed E-state index contributed by atoms with van der Waals surface area (Å²) in [7, 11) is 1.67. The van der Waals surface area contributed by atoms with Crippen molar-refractivity contribution in [3.8, 4) is 11.3 Å². The fourth-order valence-corrected chi connectivity index (χ4v) is 3.77. The molecular weight excluding hydrogens is 366 g/mol. The van der Waals surface area contributed by atoms with Gasteiger partial charge in [-0.05, 0) is 25.2 Å². The summed E-state index contributed by atoms with van der Waals surface area (Å²) in [5.74, 6) is 1.26. The largest absolute Gasteiger partial charge is 0.383 e. The van der Waals surface area contributed by atoms with Crippen LogP contribution in [0.1, 0.15) is 45.1 Å². The van der Waals surface area contributed by atoms with Crippen LogP contribution in [0.25, 0.3) is 11.3 Å². The van der Waals surface area contributed by atoms with Crippen LogP contribution in [0.15, 0.2) is 34.9 Å². The first-order valence-electron chi connectivity index (χ1n) is 10.7. The van der Waals surface area contributed by atoms with E-state index < -0.39 is 0 Å². The van der Waals surface area contributed by atoms with Gasteiger partial charge in [0.2, 0.25) is 11.8 Å². The van der Waals surface area contributed by atoms with E-state index in [2.05, 4.69) is 23.9 Å². The number of anilines is 1. The molecule has 0 N–H and O–H groups in total. The molecule has 158 valence electrons. The Kier molecular flexibility index (Phi) is 7.69. The second-order valence-electron chi connectivity index (χ2n) is 8.13. The summed E-state index contributed by atoms with van der Waals surface area (Å²) < 4.78 is 11.1. The lowest BCUT2D eigenvalue weighted by Crippen LogP contribution is -2.35. The average Bonchev–Trinajstić information content (AvgIpc) is 3.15. The molecule has 2 heterocycles. The molecular formula is C23H33N3O3. The van der Waals surface area contributed by atoms with E-state index in [0.717, 1.165) is 48.6 Å². The summed E-state index contributed by atoms with van der Waals surface area (Å²) in [6.07, 6.45) is 4.08. The van der Waals surface area contributed by atoms with Crippen LogP contribution in [-0.2, 0) is 16.1 Å². The normalized spacial score (nSPS) is 14.4. The molecule has 3 rings (SSSR count). The van der Waals surface area contributed by atoms with Crippen molar-refractivity contribution in [1.29, 1.82) is 0 Å². The quantitative estimate of drug-likeness (QED) is 0.627. The van der Waals surface area contributed by atoms with E-state index in [-0.39, 0.29) is 5.91 Å². The molecule has 0 atom stereocenters. The zero-order valence-electron chi connectivity index (χ0n) is 17.9. The maximum atomic E-state index is 12.9. The van der Waals surface area contributed by atoms with Gasteiger partial charge in [0.25, 0.3) is 0 Å². The SMILES string of the molecule is COCCN(Cc1c(-c2ccccc2)noc1N1CCCCC1)C(=O)CC(C)C. The zero-order chi connectivity index (χ0) is 20.6. The minimum Gasteiger partial charge on any atom is -0.383 e. The van der Waals surface area contributed by atoms with Gasteiger partial charge < -0.3 is 19.1 Å². The fourth-order valence-electron chi connectivity index (χ4n) is 3.77. The topological polar surface area (TPSA) is 58.8 Å². The Hall–Kier alpha value is -2.34. The average molecular weight is 400 g/mol. The highest BCUT2D eigenvalue weighted by molar-refractivity contribution is 5.77. The van der Waals surface area contributed by atoms with Gasteiger partial charge in [0.05, 0.1) is 18.7 Å². The lowest BCUT2D eigenvalue weighted by Gasteiger charge is -2.28. The molecule has 0 saturated carbocycles. The van der Waals surface area contributed by atoms with Gasteiger partial charge in [-0.25, -0.2) is 0 Å². The van der Waals surface area contributed by atoms with Gasteiger partial charge in [0, 0.05) is 38.7 Å². The summed E-state index contributed by atoms with van der Waals surface area (Å²) in [4.78, 5) is 17.1. The number of methoxy groups -OCH3 is 1. The molecule has 1 fully saturated rings. The maximum absolute atomic E-state index is 12.9. The molecule has 0 aliphatic carbocycles. The number of amides is 1. The molecule has 2 aromatic rings. The van der Waals surface area contributed by atoms with E-state index in [1.807, 2.05) is 35.2 Å². The number of piperidine rings is 1. The van der Waals surface area contributed by atoms with Crippen LogP contribution in [0.4, 0.5) is 5.88 Å². The smallest absolute Gasteiger partial charge is 0.232 e. The molecule has 1 aromatic heterocycles. The summed E-state index contributed by atoms with van der Waals surface area (Å²) >= 11 is 0. The summed E-state index contributed by atoms with van der Waals surface area (Å²) in [6.45, 7) is 7.62. The molecule has 6 nitrogen and oxygen atoms in total. The number of carbonyl (C=O) groups is 1. The number of aromatic nitrogens is 1. The van der Waals surface area contributed by atoms with Crippen LogP contribution in [-0.4, -0.2) is 49.3 Å². The number of hydrogen-bond donors (Lipinski definition) is 0. The molecule has 1 aromatic carbocycles. The third-order valence-electron chi connectivity index (χ3n) is 5.31. The van der Waals surface area contributed by atoms with E-state index in [4.69, 9.17) is 9.26 Å². The number of nitrogens with zero attached hydrogens (tertiary/aromatic N) is 3. The van der Waals surface area contributed by atoms with Crippen LogP contribution in [0.5, 0.6) is 0 Å². The molecule has 1 saturated heterocycles. The minimum absolute atomic E-state index is 0.141. The van der Waals surface area contributed by atoms with Crippen LogP contribution in [0.3, 0.4) is 0 Å². The van der Waals surface area contributed by atoms with Crippen molar-refractivity contribution in [2.75, 3.05) is 38.3 Å². The van der Waals surface area contributed by atoms with Crippen LogP contribution < -0.4 is 4.90 Å². The van der Waals surface area contributed by atoms with Crippen molar-refractivity contribution in [3.05, 3.63) is 35.9 Å². The zero-order valence-corrected chi connectivity index (χ0v) is 17.9. The third kappa shape index (κ3) is 5.60. The highest BCUT2D eigenvalue weighted by Crippen LogP contribution is 2.34. The summed E-state index contributed by atoms with van der Waals surface area (Å²) in [6, 6.07) is 10.1. The van der Waals surface area contributed by atoms with Crippen molar-refractivity contribution in [2.24, 2.45) is 5.92 Å². The first kappa shape index (κ1) is 21.4. The second kappa shape index (κ2) is 10.4. The Labute approximate surface area is 173 Å². The molecule has 6 heteroatoms. The van der Waals surface area contributed by atoms with Crippen molar-refractivity contribution in [2.45, 2.75) is 46.1 Å². The first-order chi connectivity index (χ1) is 14.1. The molecule has 1 aliphatic heterocycles. The monoisotopic (exact) mass is 399 g/mol. The van der Waals surface area contributed by atoms with Gasteiger partial charge in [0.1, 0.15) is 5.69 Å². The van der Waals surface area contributed by atoms with Crippen LogP contribution in [0.2, 0.25) is 0 Å². The molecule has 0 unspecified atom stereocenters. The Bertz CT molecular complexity index is 767. The molecule has 1 amide bonds. The lowest BCUT2D eigenvalue weighted by molar-refractivity contribution is -0.133. The minimum atomic E-state index is 0.141. The number of benzene rings is 1. The predicted octanol–water partition coefficient (Wildman–Crippen LogP) is 4.35. The van der Waals surface area contributed by atoms with E-state index in [9.17, 15) is 4.79 Å². The summed E-state index contributed by atoms with van der Waals surface area (Å²) in [5, 5.41) is 4.43. The molecule has 29 heavy (non-hydrogen) atoms. The molecule has 0 radical (unpaired) electrons. The number of rotatable bonds is 9. The van der Waals surface area contributed by atoms with Gasteiger partial charge in [-0.1, -0.05) is 49.3 Å². The third-order valence-corrected chi connectivity index (χ3v) is 5.31. The molecule has 0 spiro atoms. The Morgan fingerprint density at radius 3 is 2.59 bits per heavy atom. The summed E-state index contributed by atoms with van der Waals surface area (Å²) in [5.41, 5.74) is 2.83. The Balaban J connectivity index is 1.94. The van der Waals surface area contributed by atoms with E-state index >= 15 is 0 Å². The Morgan fingerprint density at radius 2 is 1.93 bits per heavy atom. The van der Waals surface area contributed by atoms with Crippen molar-refractivity contribution in [1.82, 2.24) is 10.1 Å². The second-order valence-corrected chi connectivity index (χ2v) is 8.13. The van der Waals surface area contributed by atoms with Crippen molar-refractivity contribution in [3.63, 3.8) is 0 Å². The van der Waals surface area contributed by atoms with Gasteiger partial charge in [0.15, 0.2) is 0 Å². The van der Waals surface area contributed by atoms with Crippen molar-refractivity contribution >= 4 is 11.8 Å². The highest BCUT2D eigenvalue weighted by Gasteiger charge is 2.27. The number of ether oxygens (including phenoxy) is 1. The van der Waals surface area contributed by atoms with Gasteiger partial charge in [-0.15, -0.1) is 0 Å². The van der Waals surface area contributed by atoms with Gasteiger partial charge in [-0.2, -0.15) is 0 Å². The maximum Gasteiger partial charge on any atom is 0.232 e. The predicted molar refractivity (Wildman–Crippen MR) is 115 cm³/mol. The first-order valence-corrected chi connectivity index (χ1v) is 10.7. The highest BCUT2D eigenvalue weighted by atomic mass is 16.5. The Morgan fingerprint density at radius 1 is 1.21 bits per heavy atom.